The van der Waals surface area contributed by atoms with Crippen molar-refractivity contribution in [1.82, 2.24) is 0 Å². The molecule has 15 heavy (non-hydrogen) atoms. The Morgan fingerprint density at radius 2 is 2.13 bits per heavy atom. The van der Waals surface area contributed by atoms with E-state index < -0.39 is 12.7 Å². The summed E-state index contributed by atoms with van der Waals surface area (Å²) in [5.41, 5.74) is 6.08. The number of halogens is 3. The summed E-state index contributed by atoms with van der Waals surface area (Å²) in [6.45, 7) is -3.16. The molecule has 0 aromatic heterocycles. The predicted octanol–water partition coefficient (Wildman–Crippen LogP) is 1.93. The zero-order chi connectivity index (χ0) is 11.4. The monoisotopic (exact) mass is 237 g/mol. The lowest BCUT2D eigenvalue weighted by Crippen LogP contribution is -2.14. The Balaban J connectivity index is 2.88. The molecule has 0 fully saturated rings. The van der Waals surface area contributed by atoms with Gasteiger partial charge in [0.25, 0.3) is 0 Å². The Labute approximate surface area is 90.4 Å². The van der Waals surface area contributed by atoms with Crippen LogP contribution in [0, 0.1) is 0 Å². The second-order valence-electron chi connectivity index (χ2n) is 2.86. The quantitative estimate of drug-likeness (QED) is 0.841. The van der Waals surface area contributed by atoms with Crippen molar-refractivity contribution in [3.05, 3.63) is 28.8 Å². The standard InChI is InChI=1S/C9H10ClF2NO2/c10-6-3-5(7(13)4-14)1-2-8(6)15-9(11)12/h1-3,7,9,14H,4,13H2/t7-/m0/s1. The van der Waals surface area contributed by atoms with Crippen molar-refractivity contribution in [2.75, 3.05) is 6.61 Å². The van der Waals surface area contributed by atoms with Crippen molar-refractivity contribution in [3.8, 4) is 5.75 Å². The number of hydrogen-bond acceptors (Lipinski definition) is 3. The van der Waals surface area contributed by atoms with Crippen LogP contribution in [0.4, 0.5) is 8.78 Å². The predicted molar refractivity (Wildman–Crippen MR) is 52.1 cm³/mol. The van der Waals surface area contributed by atoms with E-state index in [0.717, 1.165) is 0 Å². The van der Waals surface area contributed by atoms with Crippen LogP contribution in [-0.4, -0.2) is 18.3 Å². The fourth-order valence-electron chi connectivity index (χ4n) is 1.04. The number of ether oxygens (including phenoxy) is 1. The van der Waals surface area contributed by atoms with Crippen LogP contribution < -0.4 is 10.5 Å². The van der Waals surface area contributed by atoms with Gasteiger partial charge in [0.2, 0.25) is 0 Å². The molecule has 0 spiro atoms. The molecule has 0 amide bonds. The molecule has 0 saturated carbocycles. The highest BCUT2D eigenvalue weighted by Gasteiger charge is 2.11. The summed E-state index contributed by atoms with van der Waals surface area (Å²) in [7, 11) is 0. The lowest BCUT2D eigenvalue weighted by Gasteiger charge is -2.11. The van der Waals surface area contributed by atoms with Gasteiger partial charge < -0.3 is 15.6 Å². The first-order valence-electron chi connectivity index (χ1n) is 4.15. The van der Waals surface area contributed by atoms with Gasteiger partial charge in [-0.2, -0.15) is 8.78 Å². The molecule has 3 nitrogen and oxygen atoms in total. The maximum atomic E-state index is 11.9. The fourth-order valence-corrected chi connectivity index (χ4v) is 1.28. The van der Waals surface area contributed by atoms with Crippen LogP contribution in [0.2, 0.25) is 5.02 Å². The van der Waals surface area contributed by atoms with E-state index in [9.17, 15) is 8.78 Å². The zero-order valence-electron chi connectivity index (χ0n) is 7.66. The summed E-state index contributed by atoms with van der Waals surface area (Å²) in [5.74, 6) is -0.111. The van der Waals surface area contributed by atoms with E-state index in [1.165, 1.54) is 18.2 Å². The largest absolute Gasteiger partial charge is 0.433 e. The van der Waals surface area contributed by atoms with E-state index in [1.54, 1.807) is 0 Å². The number of alkyl halides is 2. The summed E-state index contributed by atoms with van der Waals surface area (Å²) in [6.07, 6.45) is 0. The Hall–Kier alpha value is -0.910. The second kappa shape index (κ2) is 5.25. The van der Waals surface area contributed by atoms with E-state index >= 15 is 0 Å². The number of benzene rings is 1. The first-order valence-corrected chi connectivity index (χ1v) is 4.53. The maximum Gasteiger partial charge on any atom is 0.387 e. The third-order valence-corrected chi connectivity index (χ3v) is 2.09. The van der Waals surface area contributed by atoms with Crippen molar-refractivity contribution in [1.29, 1.82) is 0 Å². The van der Waals surface area contributed by atoms with Gasteiger partial charge in [0.15, 0.2) is 0 Å². The van der Waals surface area contributed by atoms with Gasteiger partial charge in [0.1, 0.15) is 5.75 Å². The van der Waals surface area contributed by atoms with Gasteiger partial charge in [-0.15, -0.1) is 0 Å². The molecular formula is C9H10ClF2NO2. The molecule has 0 bridgehead atoms. The van der Waals surface area contributed by atoms with E-state index in [0.29, 0.717) is 5.56 Å². The van der Waals surface area contributed by atoms with E-state index in [1.807, 2.05) is 0 Å². The van der Waals surface area contributed by atoms with Gasteiger partial charge in [0, 0.05) is 0 Å². The van der Waals surface area contributed by atoms with Gasteiger partial charge in [-0.1, -0.05) is 17.7 Å². The normalized spacial score (nSPS) is 12.9. The molecular weight excluding hydrogens is 228 g/mol. The van der Waals surface area contributed by atoms with Gasteiger partial charge in [-0.05, 0) is 17.7 Å². The molecule has 0 unspecified atom stereocenters. The summed E-state index contributed by atoms with van der Waals surface area (Å²) in [5, 5.41) is 8.81. The average molecular weight is 238 g/mol. The second-order valence-corrected chi connectivity index (χ2v) is 3.26. The van der Waals surface area contributed by atoms with Crippen molar-refractivity contribution < 1.29 is 18.6 Å². The number of nitrogens with two attached hydrogens (primary N) is 1. The van der Waals surface area contributed by atoms with Gasteiger partial charge in [0.05, 0.1) is 17.7 Å². The molecule has 0 aliphatic rings. The van der Waals surface area contributed by atoms with Crippen molar-refractivity contribution in [2.45, 2.75) is 12.7 Å². The highest BCUT2D eigenvalue weighted by Crippen LogP contribution is 2.28. The van der Waals surface area contributed by atoms with E-state index in [4.69, 9.17) is 22.4 Å². The average Bonchev–Trinajstić information content (AvgIpc) is 2.19. The maximum absolute atomic E-state index is 11.9. The van der Waals surface area contributed by atoms with Crippen molar-refractivity contribution >= 4 is 11.6 Å². The zero-order valence-corrected chi connectivity index (χ0v) is 8.42. The van der Waals surface area contributed by atoms with Crippen LogP contribution in [0.5, 0.6) is 5.75 Å². The van der Waals surface area contributed by atoms with Crippen molar-refractivity contribution in [2.24, 2.45) is 5.73 Å². The van der Waals surface area contributed by atoms with Crippen molar-refractivity contribution in [3.63, 3.8) is 0 Å². The smallest absolute Gasteiger partial charge is 0.387 e. The molecule has 0 heterocycles. The lowest BCUT2D eigenvalue weighted by molar-refractivity contribution is -0.0498. The minimum Gasteiger partial charge on any atom is -0.433 e. The molecule has 84 valence electrons. The van der Waals surface area contributed by atoms with Gasteiger partial charge in [-0.3, -0.25) is 0 Å². The Morgan fingerprint density at radius 1 is 1.47 bits per heavy atom. The summed E-state index contributed by atoms with van der Waals surface area (Å²) in [6, 6.07) is 3.58. The number of rotatable bonds is 4. The topological polar surface area (TPSA) is 55.5 Å². The summed E-state index contributed by atoms with van der Waals surface area (Å²) in [4.78, 5) is 0. The first-order chi connectivity index (χ1) is 7.04. The third-order valence-electron chi connectivity index (χ3n) is 1.80. The van der Waals surface area contributed by atoms with E-state index in [-0.39, 0.29) is 17.4 Å². The van der Waals surface area contributed by atoms with Crippen LogP contribution in [0.1, 0.15) is 11.6 Å². The number of hydrogen-bond donors (Lipinski definition) is 2. The highest BCUT2D eigenvalue weighted by atomic mass is 35.5. The van der Waals surface area contributed by atoms with E-state index in [2.05, 4.69) is 4.74 Å². The summed E-state index contributed by atoms with van der Waals surface area (Å²) >= 11 is 5.68. The molecule has 0 aliphatic heterocycles. The Kier molecular flexibility index (Phi) is 4.26. The first kappa shape index (κ1) is 12.2. The SMILES string of the molecule is N[C@@H](CO)c1ccc(OC(F)F)c(Cl)c1. The van der Waals surface area contributed by atoms with Gasteiger partial charge in [-0.25, -0.2) is 0 Å². The molecule has 0 saturated heterocycles. The van der Waals surface area contributed by atoms with Crippen LogP contribution in [-0.2, 0) is 0 Å². The number of aliphatic hydroxyl groups is 1. The minimum atomic E-state index is -2.92. The molecule has 6 heteroatoms. The van der Waals surface area contributed by atoms with Crippen LogP contribution >= 0.6 is 11.6 Å². The molecule has 3 N–H and O–H groups in total. The molecule has 0 radical (unpaired) electrons. The lowest BCUT2D eigenvalue weighted by atomic mass is 10.1. The molecule has 1 atom stereocenters. The summed E-state index contributed by atoms with van der Waals surface area (Å²) < 4.78 is 27.9. The number of aliphatic hydroxyl groups excluding tert-OH is 1. The van der Waals surface area contributed by atoms with Gasteiger partial charge >= 0.3 is 6.61 Å². The molecule has 1 rings (SSSR count). The Morgan fingerprint density at radius 3 is 2.60 bits per heavy atom. The van der Waals surface area contributed by atoms with Crippen LogP contribution in [0.3, 0.4) is 0 Å². The molecule has 0 aliphatic carbocycles. The Bertz CT molecular complexity index is 336. The highest BCUT2D eigenvalue weighted by molar-refractivity contribution is 6.32. The minimum absolute atomic E-state index is 0.0386. The van der Waals surface area contributed by atoms with Crippen LogP contribution in [0.25, 0.3) is 0 Å². The molecule has 1 aromatic rings. The van der Waals surface area contributed by atoms with Crippen LogP contribution in [0.15, 0.2) is 18.2 Å². The molecule has 1 aromatic carbocycles. The third kappa shape index (κ3) is 3.30. The fraction of sp³-hybridized carbons (Fsp3) is 0.333.